The summed E-state index contributed by atoms with van der Waals surface area (Å²) in [5.74, 6) is -0.408. The summed E-state index contributed by atoms with van der Waals surface area (Å²) in [5.41, 5.74) is 3.04. The van der Waals surface area contributed by atoms with E-state index in [-0.39, 0.29) is 28.7 Å². The van der Waals surface area contributed by atoms with Crippen molar-refractivity contribution < 1.29 is 13.2 Å². The number of benzene rings is 1. The molecule has 1 aromatic rings. The number of nitrogens with zero attached hydrogens (tertiary/aromatic N) is 3. The first-order valence-corrected chi connectivity index (χ1v) is 12.2. The smallest absolute Gasteiger partial charge is 0.262 e. The molecule has 2 fully saturated rings. The number of amidine groups is 1. The van der Waals surface area contributed by atoms with Crippen LogP contribution in [0, 0.1) is 6.92 Å². The average Bonchev–Trinajstić information content (AvgIpc) is 3.07. The molecule has 2 aliphatic rings. The highest BCUT2D eigenvalue weighted by Crippen LogP contribution is 2.42. The maximum Gasteiger partial charge on any atom is 0.262 e. The van der Waals surface area contributed by atoms with Crippen molar-refractivity contribution in [3.63, 3.8) is 0 Å². The van der Waals surface area contributed by atoms with Gasteiger partial charge in [0.25, 0.3) is 5.91 Å². The van der Waals surface area contributed by atoms with E-state index in [0.717, 1.165) is 30.0 Å². The number of carbonyl (C=O) groups excluding carboxylic acids is 1. The molecule has 0 radical (unpaired) electrons. The molecule has 2 saturated heterocycles. The number of aliphatic imine (C=N–C) groups is 1. The Hall–Kier alpha value is -1.25. The lowest BCUT2D eigenvalue weighted by molar-refractivity contribution is -0.115. The topological polar surface area (TPSA) is 70.0 Å². The van der Waals surface area contributed by atoms with Crippen LogP contribution in [0.5, 0.6) is 0 Å². The van der Waals surface area contributed by atoms with Crippen molar-refractivity contribution in [2.45, 2.75) is 32.1 Å². The molecule has 1 aromatic carbocycles. The summed E-state index contributed by atoms with van der Waals surface area (Å²) in [7, 11) is -3.08. The van der Waals surface area contributed by atoms with E-state index in [1.807, 2.05) is 24.0 Å². The summed E-state index contributed by atoms with van der Waals surface area (Å²) < 4.78 is 24.3. The number of hydrogen-bond acceptors (Lipinski definition) is 5. The van der Waals surface area contributed by atoms with Crippen LogP contribution in [0.2, 0.25) is 0 Å². The fourth-order valence-corrected chi connectivity index (χ4v) is 7.66. The van der Waals surface area contributed by atoms with E-state index >= 15 is 0 Å². The molecule has 9 heteroatoms. The molecule has 3 rings (SSSR count). The van der Waals surface area contributed by atoms with Crippen molar-refractivity contribution in [2.24, 2.45) is 4.99 Å². The second kappa shape index (κ2) is 8.01. The summed E-state index contributed by atoms with van der Waals surface area (Å²) in [6, 6.07) is 5.93. The lowest BCUT2D eigenvalue weighted by Crippen LogP contribution is -2.38. The third kappa shape index (κ3) is 4.12. The fraction of sp³-hybridized carbons (Fsp3) is 0.556. The molecule has 148 valence electrons. The molecule has 0 bridgehead atoms. The van der Waals surface area contributed by atoms with Crippen LogP contribution in [0.3, 0.4) is 0 Å². The second-order valence-corrected chi connectivity index (χ2v) is 10.4. The summed E-state index contributed by atoms with van der Waals surface area (Å²) in [6.45, 7) is 8.05. The van der Waals surface area contributed by atoms with Gasteiger partial charge in [0.15, 0.2) is 15.0 Å². The molecule has 1 amide bonds. The number of thioether (sulfide) groups is 1. The summed E-state index contributed by atoms with van der Waals surface area (Å²) >= 11 is 6.99. The van der Waals surface area contributed by atoms with Gasteiger partial charge >= 0.3 is 0 Å². The largest absolute Gasteiger partial charge is 0.372 e. The summed E-state index contributed by atoms with van der Waals surface area (Å²) in [4.78, 5) is 20.1. The van der Waals surface area contributed by atoms with Crippen LogP contribution in [-0.4, -0.2) is 61.3 Å². The Labute approximate surface area is 169 Å². The predicted octanol–water partition coefficient (Wildman–Crippen LogP) is 2.68. The number of alkyl halides is 1. The number of anilines is 2. The zero-order chi connectivity index (χ0) is 19.8. The number of hydrogen-bond donors (Lipinski definition) is 0. The van der Waals surface area contributed by atoms with E-state index in [9.17, 15) is 13.2 Å². The quantitative estimate of drug-likeness (QED) is 0.670. The fourth-order valence-electron chi connectivity index (χ4n) is 3.68. The van der Waals surface area contributed by atoms with Crippen molar-refractivity contribution >= 4 is 55.6 Å². The van der Waals surface area contributed by atoms with Gasteiger partial charge in [-0.25, -0.2) is 8.42 Å². The molecule has 0 N–H and O–H groups in total. The maximum atomic E-state index is 12.1. The Bertz CT molecular complexity index is 869. The number of aryl methyl sites for hydroxylation is 1. The number of amides is 1. The van der Waals surface area contributed by atoms with E-state index in [1.165, 1.54) is 11.8 Å². The monoisotopic (exact) mass is 429 g/mol. The number of rotatable bonds is 5. The highest BCUT2D eigenvalue weighted by atomic mass is 35.5. The van der Waals surface area contributed by atoms with Gasteiger partial charge in [-0.15, -0.1) is 11.6 Å². The van der Waals surface area contributed by atoms with Gasteiger partial charge in [0.1, 0.15) is 5.88 Å². The minimum absolute atomic E-state index is 0.0794. The summed E-state index contributed by atoms with van der Waals surface area (Å²) in [6.07, 6.45) is 0. The third-order valence-corrected chi connectivity index (χ3v) is 8.41. The zero-order valence-electron chi connectivity index (χ0n) is 15.7. The molecule has 27 heavy (non-hydrogen) atoms. The Balaban J connectivity index is 2.02. The van der Waals surface area contributed by atoms with E-state index in [1.54, 1.807) is 0 Å². The van der Waals surface area contributed by atoms with Crippen LogP contribution >= 0.6 is 23.4 Å². The van der Waals surface area contributed by atoms with Crippen LogP contribution < -0.4 is 9.80 Å². The maximum absolute atomic E-state index is 12.1. The minimum Gasteiger partial charge on any atom is -0.372 e. The first-order chi connectivity index (χ1) is 12.8. The van der Waals surface area contributed by atoms with Gasteiger partial charge in [0.2, 0.25) is 0 Å². The highest BCUT2D eigenvalue weighted by Gasteiger charge is 2.49. The molecule has 0 aliphatic carbocycles. The molecular formula is C18H24ClN3O3S2. The van der Waals surface area contributed by atoms with Gasteiger partial charge in [-0.2, -0.15) is 4.99 Å². The number of carbonyl (C=O) groups is 1. The van der Waals surface area contributed by atoms with Gasteiger partial charge < -0.3 is 9.80 Å². The highest BCUT2D eigenvalue weighted by molar-refractivity contribution is 8.16. The van der Waals surface area contributed by atoms with Crippen LogP contribution in [0.1, 0.15) is 19.4 Å². The normalized spacial score (nSPS) is 25.0. The number of halogens is 1. The van der Waals surface area contributed by atoms with Crippen molar-refractivity contribution in [3.8, 4) is 0 Å². The zero-order valence-corrected chi connectivity index (χ0v) is 18.1. The Morgan fingerprint density at radius 1 is 1.33 bits per heavy atom. The molecule has 0 aromatic heterocycles. The van der Waals surface area contributed by atoms with Crippen LogP contribution in [-0.2, 0) is 14.6 Å². The number of fused-ring (bicyclic) bond motifs is 1. The first-order valence-electron chi connectivity index (χ1n) is 8.99. The third-order valence-electron chi connectivity index (χ3n) is 4.97. The Morgan fingerprint density at radius 2 is 2.04 bits per heavy atom. The SMILES string of the molecule is CCN(CC)c1ccc(N2C(=NC(=O)CCl)S[C@@H]3CS(=O)(=O)C[C@H]32)c(C)c1. The van der Waals surface area contributed by atoms with Crippen LogP contribution in [0.4, 0.5) is 11.4 Å². The first kappa shape index (κ1) is 20.5. The lowest BCUT2D eigenvalue weighted by atomic mass is 10.1. The molecule has 6 nitrogen and oxygen atoms in total. The van der Waals surface area contributed by atoms with Gasteiger partial charge in [0, 0.05) is 29.7 Å². The second-order valence-electron chi connectivity index (χ2n) is 6.74. The molecule has 2 atom stereocenters. The van der Waals surface area contributed by atoms with E-state index in [2.05, 4.69) is 29.8 Å². The van der Waals surface area contributed by atoms with Gasteiger partial charge in [-0.1, -0.05) is 11.8 Å². The van der Waals surface area contributed by atoms with Crippen molar-refractivity contribution in [1.82, 2.24) is 0 Å². The van der Waals surface area contributed by atoms with Crippen LogP contribution in [0.25, 0.3) is 0 Å². The summed E-state index contributed by atoms with van der Waals surface area (Å²) in [5, 5.41) is 0.433. The van der Waals surface area contributed by atoms with Gasteiger partial charge in [0.05, 0.1) is 17.5 Å². The molecular weight excluding hydrogens is 406 g/mol. The molecule has 2 aliphatic heterocycles. The van der Waals surface area contributed by atoms with E-state index in [4.69, 9.17) is 11.6 Å². The average molecular weight is 430 g/mol. The van der Waals surface area contributed by atoms with Crippen molar-refractivity contribution in [1.29, 1.82) is 0 Å². The van der Waals surface area contributed by atoms with Crippen molar-refractivity contribution in [3.05, 3.63) is 23.8 Å². The molecule has 2 heterocycles. The van der Waals surface area contributed by atoms with Gasteiger partial charge in [-0.3, -0.25) is 4.79 Å². The molecule has 0 spiro atoms. The Kier molecular flexibility index (Phi) is 6.08. The van der Waals surface area contributed by atoms with E-state index in [0.29, 0.717) is 5.17 Å². The lowest BCUT2D eigenvalue weighted by Gasteiger charge is -2.28. The van der Waals surface area contributed by atoms with E-state index < -0.39 is 15.7 Å². The molecule has 0 saturated carbocycles. The molecule has 0 unspecified atom stereocenters. The Morgan fingerprint density at radius 3 is 2.63 bits per heavy atom. The minimum atomic E-state index is -3.08. The number of sulfone groups is 1. The van der Waals surface area contributed by atoms with Crippen LogP contribution in [0.15, 0.2) is 23.2 Å². The standard InChI is InChI=1S/C18H24ClN3O3S2/c1-4-21(5-2)13-6-7-14(12(3)8-13)22-15-10-27(24,25)11-16(15)26-18(22)20-17(23)9-19/h6-8,15-16H,4-5,9-11H2,1-3H3/t15-,16-/m1/s1. The predicted molar refractivity (Wildman–Crippen MR) is 114 cm³/mol. The van der Waals surface area contributed by atoms with Crippen molar-refractivity contribution in [2.75, 3.05) is 40.3 Å². The van der Waals surface area contributed by atoms with Gasteiger partial charge in [-0.05, 0) is 44.5 Å².